The van der Waals surface area contributed by atoms with Gasteiger partial charge in [0.2, 0.25) is 5.91 Å². The van der Waals surface area contributed by atoms with Crippen LogP contribution in [0.1, 0.15) is 15.9 Å². The monoisotopic (exact) mass is 349 g/mol. The van der Waals surface area contributed by atoms with Crippen molar-refractivity contribution in [1.82, 2.24) is 15.2 Å². The second-order valence-corrected chi connectivity index (χ2v) is 5.61. The number of aromatic nitrogens is 1. The second kappa shape index (κ2) is 8.40. The highest BCUT2D eigenvalue weighted by molar-refractivity contribution is 6.33. The summed E-state index contributed by atoms with van der Waals surface area (Å²) in [6.45, 7) is 0.273. The van der Waals surface area contributed by atoms with Crippen LogP contribution < -0.4 is 5.32 Å². The van der Waals surface area contributed by atoms with Crippen LogP contribution >= 0.6 is 11.6 Å². The topological polar surface area (TPSA) is 62.3 Å². The number of rotatable bonds is 6. The average molecular weight is 350 g/mol. The molecule has 0 unspecified atom stereocenters. The molecule has 2 aromatic rings. The number of nitrogens with one attached hydrogen (secondary N) is 1. The van der Waals surface area contributed by atoms with Crippen LogP contribution in [0.25, 0.3) is 0 Å². The van der Waals surface area contributed by atoms with Gasteiger partial charge in [0.05, 0.1) is 17.1 Å². The lowest BCUT2D eigenvalue weighted by molar-refractivity contribution is -0.128. The lowest BCUT2D eigenvalue weighted by Gasteiger charge is -2.17. The van der Waals surface area contributed by atoms with E-state index in [1.807, 2.05) is 12.1 Å². The Morgan fingerprint density at radius 3 is 2.62 bits per heavy atom. The van der Waals surface area contributed by atoms with Crippen LogP contribution in [-0.2, 0) is 11.2 Å². The molecule has 0 radical (unpaired) electrons. The van der Waals surface area contributed by atoms with Gasteiger partial charge in [0, 0.05) is 26.0 Å². The zero-order chi connectivity index (χ0) is 17.5. The predicted octanol–water partition coefficient (Wildman–Crippen LogP) is 2.30. The molecule has 0 saturated heterocycles. The number of carbonyl (C=O) groups is 2. The first kappa shape index (κ1) is 17.9. The van der Waals surface area contributed by atoms with Gasteiger partial charge in [-0.3, -0.25) is 14.6 Å². The smallest absolute Gasteiger partial charge is 0.256 e. The molecular formula is C17H17ClFN3O2. The molecule has 0 atom stereocenters. The SMILES string of the molecule is CN(CCc1ccncc1)C(=O)CNC(=O)c1c(F)cccc1Cl. The van der Waals surface area contributed by atoms with Gasteiger partial charge in [-0.05, 0) is 36.2 Å². The van der Waals surface area contributed by atoms with Crippen LogP contribution in [-0.4, -0.2) is 41.8 Å². The molecule has 2 amide bonds. The Bertz CT molecular complexity index is 705. The molecule has 0 bridgehead atoms. The summed E-state index contributed by atoms with van der Waals surface area (Å²) in [4.78, 5) is 29.5. The predicted molar refractivity (Wildman–Crippen MR) is 89.3 cm³/mol. The molecule has 0 fully saturated rings. The van der Waals surface area contributed by atoms with Crippen LogP contribution in [0.3, 0.4) is 0 Å². The molecule has 0 aliphatic carbocycles. The average Bonchev–Trinajstić information content (AvgIpc) is 2.58. The molecule has 2 rings (SSSR count). The first-order valence-electron chi connectivity index (χ1n) is 7.34. The van der Waals surface area contributed by atoms with E-state index in [9.17, 15) is 14.0 Å². The number of hydrogen-bond acceptors (Lipinski definition) is 3. The molecule has 0 aliphatic heterocycles. The largest absolute Gasteiger partial charge is 0.344 e. The van der Waals surface area contributed by atoms with Crippen molar-refractivity contribution in [1.29, 1.82) is 0 Å². The Hall–Kier alpha value is -2.47. The Kier molecular flexibility index (Phi) is 6.26. The highest BCUT2D eigenvalue weighted by atomic mass is 35.5. The molecule has 126 valence electrons. The van der Waals surface area contributed by atoms with Crippen LogP contribution in [0.5, 0.6) is 0 Å². The van der Waals surface area contributed by atoms with Crippen LogP contribution in [0.4, 0.5) is 4.39 Å². The fourth-order valence-electron chi connectivity index (χ4n) is 2.06. The van der Waals surface area contributed by atoms with E-state index >= 15 is 0 Å². The van der Waals surface area contributed by atoms with E-state index in [1.54, 1.807) is 19.4 Å². The Morgan fingerprint density at radius 2 is 1.96 bits per heavy atom. The van der Waals surface area contributed by atoms with Gasteiger partial charge in [0.1, 0.15) is 5.82 Å². The molecule has 0 aliphatic rings. The highest BCUT2D eigenvalue weighted by Crippen LogP contribution is 2.18. The van der Waals surface area contributed by atoms with Gasteiger partial charge in [-0.1, -0.05) is 17.7 Å². The molecule has 1 heterocycles. The molecule has 7 heteroatoms. The number of likely N-dealkylation sites (N-methyl/N-ethyl adjacent to an activating group) is 1. The quantitative estimate of drug-likeness (QED) is 0.870. The van der Waals surface area contributed by atoms with E-state index in [1.165, 1.54) is 17.0 Å². The molecule has 24 heavy (non-hydrogen) atoms. The van der Waals surface area contributed by atoms with E-state index in [-0.39, 0.29) is 23.0 Å². The number of carbonyl (C=O) groups excluding carboxylic acids is 2. The third-order valence-electron chi connectivity index (χ3n) is 3.50. The summed E-state index contributed by atoms with van der Waals surface area (Å²) in [6.07, 6.45) is 4.06. The molecule has 1 aromatic carbocycles. The van der Waals surface area contributed by atoms with Crippen LogP contribution in [0.2, 0.25) is 5.02 Å². The van der Waals surface area contributed by atoms with Crippen molar-refractivity contribution in [3.8, 4) is 0 Å². The summed E-state index contributed by atoms with van der Waals surface area (Å²) < 4.78 is 13.6. The maximum atomic E-state index is 13.6. The van der Waals surface area contributed by atoms with E-state index < -0.39 is 11.7 Å². The van der Waals surface area contributed by atoms with Crippen molar-refractivity contribution in [2.45, 2.75) is 6.42 Å². The Balaban J connectivity index is 1.85. The minimum atomic E-state index is -0.724. The summed E-state index contributed by atoms with van der Waals surface area (Å²) in [5.41, 5.74) is 0.804. The highest BCUT2D eigenvalue weighted by Gasteiger charge is 2.17. The van der Waals surface area contributed by atoms with Gasteiger partial charge in [0.15, 0.2) is 0 Å². The van der Waals surface area contributed by atoms with Gasteiger partial charge in [-0.2, -0.15) is 0 Å². The summed E-state index contributed by atoms with van der Waals surface area (Å²) >= 11 is 5.82. The van der Waals surface area contributed by atoms with E-state index in [0.717, 1.165) is 11.6 Å². The Labute approximate surface area is 144 Å². The lowest BCUT2D eigenvalue weighted by Crippen LogP contribution is -2.39. The maximum absolute atomic E-state index is 13.6. The number of pyridine rings is 1. The van der Waals surface area contributed by atoms with Gasteiger partial charge in [-0.15, -0.1) is 0 Å². The van der Waals surface area contributed by atoms with Crippen molar-refractivity contribution in [2.24, 2.45) is 0 Å². The Morgan fingerprint density at radius 1 is 1.25 bits per heavy atom. The molecule has 1 N–H and O–H groups in total. The fourth-order valence-corrected chi connectivity index (χ4v) is 2.31. The standard InChI is InChI=1S/C17H17ClFN3O2/c1-22(10-7-12-5-8-20-9-6-12)15(23)11-21-17(24)16-13(18)3-2-4-14(16)19/h2-6,8-9H,7,10-11H2,1H3,(H,21,24). The molecule has 0 spiro atoms. The van der Waals surface area contributed by atoms with Gasteiger partial charge in [0.25, 0.3) is 5.91 Å². The zero-order valence-electron chi connectivity index (χ0n) is 13.1. The third kappa shape index (κ3) is 4.76. The minimum absolute atomic E-state index is 0.00555. The zero-order valence-corrected chi connectivity index (χ0v) is 13.9. The normalized spacial score (nSPS) is 10.3. The molecular weight excluding hydrogens is 333 g/mol. The van der Waals surface area contributed by atoms with Crippen LogP contribution in [0.15, 0.2) is 42.7 Å². The van der Waals surface area contributed by atoms with Crippen LogP contribution in [0, 0.1) is 5.82 Å². The molecule has 0 saturated carbocycles. The first-order chi connectivity index (χ1) is 11.5. The van der Waals surface area contributed by atoms with Gasteiger partial charge in [-0.25, -0.2) is 4.39 Å². The maximum Gasteiger partial charge on any atom is 0.256 e. The number of benzene rings is 1. The van der Waals surface area contributed by atoms with Crippen molar-refractivity contribution < 1.29 is 14.0 Å². The van der Waals surface area contributed by atoms with E-state index in [0.29, 0.717) is 13.0 Å². The second-order valence-electron chi connectivity index (χ2n) is 5.20. The van der Waals surface area contributed by atoms with Crippen molar-refractivity contribution in [2.75, 3.05) is 20.1 Å². The lowest BCUT2D eigenvalue weighted by atomic mass is 10.2. The fraction of sp³-hybridized carbons (Fsp3) is 0.235. The molecule has 5 nitrogen and oxygen atoms in total. The van der Waals surface area contributed by atoms with E-state index in [4.69, 9.17) is 11.6 Å². The first-order valence-corrected chi connectivity index (χ1v) is 7.72. The summed E-state index contributed by atoms with van der Waals surface area (Å²) in [7, 11) is 1.64. The minimum Gasteiger partial charge on any atom is -0.344 e. The summed E-state index contributed by atoms with van der Waals surface area (Å²) in [5, 5.41) is 2.40. The van der Waals surface area contributed by atoms with Crippen molar-refractivity contribution in [3.05, 3.63) is 64.7 Å². The van der Waals surface area contributed by atoms with Crippen molar-refractivity contribution in [3.63, 3.8) is 0 Å². The van der Waals surface area contributed by atoms with Gasteiger partial charge < -0.3 is 10.2 Å². The number of hydrogen-bond donors (Lipinski definition) is 1. The number of nitrogens with zero attached hydrogens (tertiary/aromatic N) is 2. The third-order valence-corrected chi connectivity index (χ3v) is 3.82. The van der Waals surface area contributed by atoms with E-state index in [2.05, 4.69) is 10.3 Å². The molecule has 1 aromatic heterocycles. The van der Waals surface area contributed by atoms with Gasteiger partial charge >= 0.3 is 0 Å². The van der Waals surface area contributed by atoms with Crippen molar-refractivity contribution >= 4 is 23.4 Å². The summed E-state index contributed by atoms with van der Waals surface area (Å²) in [5.74, 6) is -1.71. The number of halogens is 2. The summed E-state index contributed by atoms with van der Waals surface area (Å²) in [6, 6.07) is 7.72. The number of amides is 2.